The summed E-state index contributed by atoms with van der Waals surface area (Å²) < 4.78 is 6.24. The molecule has 2 aromatic heterocycles. The summed E-state index contributed by atoms with van der Waals surface area (Å²) in [5.41, 5.74) is 7.24. The molecule has 2 N–H and O–H groups in total. The molecule has 1 saturated carbocycles. The minimum atomic E-state index is 0.189. The first-order chi connectivity index (χ1) is 11.3. The normalized spacial score (nSPS) is 27.1. The molecule has 0 aromatic carbocycles. The highest BCUT2D eigenvalue weighted by Crippen LogP contribution is 2.47. The first-order valence-corrected chi connectivity index (χ1v) is 9.20. The van der Waals surface area contributed by atoms with Crippen LogP contribution < -0.4 is 10.5 Å². The molecule has 0 unspecified atom stereocenters. The second-order valence-corrected chi connectivity index (χ2v) is 7.67. The number of rotatable bonds is 4. The molecule has 1 fully saturated rings. The van der Waals surface area contributed by atoms with Gasteiger partial charge in [-0.2, -0.15) is 0 Å². The summed E-state index contributed by atoms with van der Waals surface area (Å²) in [6, 6.07) is 0.308. The monoisotopic (exact) mass is 331 g/mol. The summed E-state index contributed by atoms with van der Waals surface area (Å²) in [7, 11) is 0. The highest BCUT2D eigenvalue weighted by molar-refractivity contribution is 7.19. The lowest BCUT2D eigenvalue weighted by Gasteiger charge is -2.26. The van der Waals surface area contributed by atoms with Gasteiger partial charge in [-0.05, 0) is 50.0 Å². The van der Waals surface area contributed by atoms with E-state index in [4.69, 9.17) is 10.5 Å². The zero-order valence-corrected chi connectivity index (χ0v) is 13.8. The van der Waals surface area contributed by atoms with Crippen molar-refractivity contribution in [1.29, 1.82) is 0 Å². The summed E-state index contributed by atoms with van der Waals surface area (Å²) in [5, 5.41) is 1.05. The Hall–Kier alpha value is -1.53. The van der Waals surface area contributed by atoms with Gasteiger partial charge in [-0.1, -0.05) is 0 Å². The number of aryl methyl sites for hydroxylation is 1. The van der Waals surface area contributed by atoms with Gasteiger partial charge in [0.25, 0.3) is 0 Å². The Labute approximate surface area is 139 Å². The smallest absolute Gasteiger partial charge is 0.225 e. The number of carbonyl (C=O) groups is 1. The van der Waals surface area contributed by atoms with Crippen LogP contribution in [0.5, 0.6) is 5.88 Å². The molecule has 5 nitrogen and oxygen atoms in total. The molecule has 0 radical (unpaired) electrons. The molecule has 2 heterocycles. The van der Waals surface area contributed by atoms with Crippen LogP contribution >= 0.6 is 11.3 Å². The predicted molar refractivity (Wildman–Crippen MR) is 90.0 cm³/mol. The van der Waals surface area contributed by atoms with Gasteiger partial charge in [0, 0.05) is 17.3 Å². The Kier molecular flexibility index (Phi) is 4.03. The molecule has 4 rings (SSSR count). The SMILES string of the molecule is NC1CCC(Oc2ncnc3sc4c(c23)[C@@H](CC=O)CC4)CC1. The molecule has 2 aromatic rings. The molecule has 0 saturated heterocycles. The van der Waals surface area contributed by atoms with Crippen molar-refractivity contribution in [1.82, 2.24) is 9.97 Å². The van der Waals surface area contributed by atoms with Gasteiger partial charge in [-0.25, -0.2) is 9.97 Å². The quantitative estimate of drug-likeness (QED) is 0.872. The summed E-state index contributed by atoms with van der Waals surface area (Å²) in [4.78, 5) is 22.2. The molecule has 23 heavy (non-hydrogen) atoms. The lowest BCUT2D eigenvalue weighted by Crippen LogP contribution is -2.31. The van der Waals surface area contributed by atoms with E-state index < -0.39 is 0 Å². The maximum atomic E-state index is 11.0. The highest BCUT2D eigenvalue weighted by Gasteiger charge is 2.30. The standard InChI is InChI=1S/C17H21N3O2S/c18-11-2-4-12(5-3-11)22-16-15-14-10(7-8-21)1-6-13(14)23-17(15)20-9-19-16/h8-12H,1-7,18H2/t10-,11?,12?/m1/s1. The van der Waals surface area contributed by atoms with E-state index in [0.717, 1.165) is 55.0 Å². The molecule has 122 valence electrons. The largest absolute Gasteiger partial charge is 0.474 e. The number of aldehydes is 1. The van der Waals surface area contributed by atoms with E-state index in [1.807, 2.05) is 0 Å². The van der Waals surface area contributed by atoms with Gasteiger partial charge in [0.15, 0.2) is 0 Å². The average Bonchev–Trinajstić information content (AvgIpc) is 3.10. The number of hydrogen-bond acceptors (Lipinski definition) is 6. The molecular weight excluding hydrogens is 310 g/mol. The third kappa shape index (κ3) is 2.74. The highest BCUT2D eigenvalue weighted by atomic mass is 32.1. The molecule has 2 aliphatic rings. The molecular formula is C17H21N3O2S. The fourth-order valence-corrected chi connectivity index (χ4v) is 5.08. The van der Waals surface area contributed by atoms with Crippen LogP contribution in [0.4, 0.5) is 0 Å². The van der Waals surface area contributed by atoms with Crippen molar-refractivity contribution in [2.75, 3.05) is 0 Å². The minimum absolute atomic E-state index is 0.189. The number of fused-ring (bicyclic) bond motifs is 3. The Morgan fingerprint density at radius 1 is 1.26 bits per heavy atom. The summed E-state index contributed by atoms with van der Waals surface area (Å²) in [5.74, 6) is 0.996. The second-order valence-electron chi connectivity index (χ2n) is 6.59. The van der Waals surface area contributed by atoms with Crippen LogP contribution in [0.2, 0.25) is 0 Å². The van der Waals surface area contributed by atoms with Crippen molar-refractivity contribution in [3.63, 3.8) is 0 Å². The Morgan fingerprint density at radius 3 is 2.87 bits per heavy atom. The van der Waals surface area contributed by atoms with E-state index in [-0.39, 0.29) is 6.10 Å². The van der Waals surface area contributed by atoms with Crippen LogP contribution in [-0.4, -0.2) is 28.4 Å². The average molecular weight is 331 g/mol. The number of carbonyl (C=O) groups excluding carboxylic acids is 1. The topological polar surface area (TPSA) is 78.1 Å². The molecule has 0 spiro atoms. The Bertz CT molecular complexity index is 722. The molecule has 2 aliphatic carbocycles. The van der Waals surface area contributed by atoms with Gasteiger partial charge in [0.2, 0.25) is 5.88 Å². The maximum absolute atomic E-state index is 11.0. The van der Waals surface area contributed by atoms with E-state index >= 15 is 0 Å². The summed E-state index contributed by atoms with van der Waals surface area (Å²) in [6.07, 6.45) is 9.44. The van der Waals surface area contributed by atoms with Gasteiger partial charge < -0.3 is 15.3 Å². The second kappa shape index (κ2) is 6.17. The van der Waals surface area contributed by atoms with Crippen LogP contribution in [0.25, 0.3) is 10.2 Å². The zero-order chi connectivity index (χ0) is 15.8. The van der Waals surface area contributed by atoms with Gasteiger partial charge >= 0.3 is 0 Å². The molecule has 0 aliphatic heterocycles. The third-order valence-corrected chi connectivity index (χ3v) is 6.25. The van der Waals surface area contributed by atoms with E-state index in [9.17, 15) is 4.79 Å². The summed E-state index contributed by atoms with van der Waals surface area (Å²) in [6.45, 7) is 0. The molecule has 0 bridgehead atoms. The van der Waals surface area contributed by atoms with Crippen LogP contribution in [0.15, 0.2) is 6.33 Å². The Morgan fingerprint density at radius 2 is 2.09 bits per heavy atom. The van der Waals surface area contributed by atoms with E-state index in [0.29, 0.717) is 24.3 Å². The lowest BCUT2D eigenvalue weighted by atomic mass is 9.93. The number of nitrogens with zero attached hydrogens (tertiary/aromatic N) is 2. The molecule has 1 atom stereocenters. The van der Waals surface area contributed by atoms with E-state index in [1.54, 1.807) is 17.7 Å². The number of thiophene rings is 1. The predicted octanol–water partition coefficient (Wildman–Crippen LogP) is 2.96. The summed E-state index contributed by atoms with van der Waals surface area (Å²) >= 11 is 1.73. The minimum Gasteiger partial charge on any atom is -0.474 e. The van der Waals surface area contributed by atoms with Crippen molar-refractivity contribution in [2.45, 2.75) is 63.0 Å². The number of hydrogen-bond donors (Lipinski definition) is 1. The van der Waals surface area contributed by atoms with Crippen LogP contribution in [0.1, 0.15) is 54.9 Å². The molecule has 0 amide bonds. The van der Waals surface area contributed by atoms with Crippen molar-refractivity contribution in [3.8, 4) is 5.88 Å². The maximum Gasteiger partial charge on any atom is 0.225 e. The van der Waals surface area contributed by atoms with Crippen LogP contribution in [0, 0.1) is 0 Å². The zero-order valence-electron chi connectivity index (χ0n) is 13.0. The fraction of sp³-hybridized carbons (Fsp3) is 0.588. The van der Waals surface area contributed by atoms with Crippen molar-refractivity contribution in [3.05, 3.63) is 16.8 Å². The first kappa shape index (κ1) is 15.0. The van der Waals surface area contributed by atoms with Crippen LogP contribution in [-0.2, 0) is 11.2 Å². The van der Waals surface area contributed by atoms with Gasteiger partial charge in [0.1, 0.15) is 23.5 Å². The van der Waals surface area contributed by atoms with Crippen molar-refractivity contribution >= 4 is 27.8 Å². The van der Waals surface area contributed by atoms with Gasteiger partial charge in [-0.15, -0.1) is 11.3 Å². The number of ether oxygens (including phenoxy) is 1. The van der Waals surface area contributed by atoms with E-state index in [1.165, 1.54) is 10.4 Å². The number of nitrogens with two attached hydrogens (primary N) is 1. The van der Waals surface area contributed by atoms with Crippen molar-refractivity contribution in [2.24, 2.45) is 5.73 Å². The van der Waals surface area contributed by atoms with Crippen molar-refractivity contribution < 1.29 is 9.53 Å². The molecule has 6 heteroatoms. The van der Waals surface area contributed by atoms with Crippen LogP contribution in [0.3, 0.4) is 0 Å². The third-order valence-electron chi connectivity index (χ3n) is 5.07. The number of aromatic nitrogens is 2. The van der Waals surface area contributed by atoms with Gasteiger partial charge in [-0.3, -0.25) is 0 Å². The Balaban J connectivity index is 1.68. The van der Waals surface area contributed by atoms with Gasteiger partial charge in [0.05, 0.1) is 5.39 Å². The fourth-order valence-electron chi connectivity index (χ4n) is 3.85. The van der Waals surface area contributed by atoms with E-state index in [2.05, 4.69) is 9.97 Å². The lowest BCUT2D eigenvalue weighted by molar-refractivity contribution is -0.108. The first-order valence-electron chi connectivity index (χ1n) is 8.38.